The number of rotatable bonds is 3. The maximum absolute atomic E-state index is 12.1. The van der Waals surface area contributed by atoms with Crippen LogP contribution in [0.3, 0.4) is 0 Å². The number of amides is 1. The van der Waals surface area contributed by atoms with Gasteiger partial charge in [0.1, 0.15) is 10.6 Å². The van der Waals surface area contributed by atoms with Crippen LogP contribution in [0.5, 0.6) is 0 Å². The number of thiazole rings is 1. The summed E-state index contributed by atoms with van der Waals surface area (Å²) in [5, 5.41) is 13.8. The third kappa shape index (κ3) is 2.75. The van der Waals surface area contributed by atoms with Crippen LogP contribution in [0.25, 0.3) is 0 Å². The van der Waals surface area contributed by atoms with Crippen LogP contribution < -0.4 is 11.1 Å². The molecule has 0 unspecified atom stereocenters. The number of nitrogens with one attached hydrogen (secondary N) is 1. The van der Waals surface area contributed by atoms with Crippen LogP contribution in [0.1, 0.15) is 20.9 Å². The molecule has 7 nitrogen and oxygen atoms in total. The minimum atomic E-state index is -0.539. The first kappa shape index (κ1) is 13.9. The Morgan fingerprint density at radius 1 is 1.45 bits per heavy atom. The summed E-state index contributed by atoms with van der Waals surface area (Å²) in [5.41, 5.74) is 6.85. The molecule has 1 heterocycles. The van der Waals surface area contributed by atoms with Gasteiger partial charge in [-0.3, -0.25) is 14.9 Å². The quantitative estimate of drug-likeness (QED) is 0.667. The van der Waals surface area contributed by atoms with Gasteiger partial charge >= 0.3 is 0 Å². The third-order valence-electron chi connectivity index (χ3n) is 2.62. The van der Waals surface area contributed by atoms with E-state index in [0.717, 1.165) is 16.9 Å². The molecule has 104 valence electrons. The topological polar surface area (TPSA) is 111 Å². The minimum Gasteiger partial charge on any atom is -0.375 e. The number of hydrogen-bond donors (Lipinski definition) is 2. The van der Waals surface area contributed by atoms with Crippen LogP contribution in [-0.2, 0) is 0 Å². The number of anilines is 2. The Hall–Kier alpha value is -2.48. The molecule has 0 saturated carbocycles. The van der Waals surface area contributed by atoms with E-state index < -0.39 is 10.8 Å². The zero-order chi connectivity index (χ0) is 14.9. The van der Waals surface area contributed by atoms with E-state index in [0.29, 0.717) is 10.6 Å². The first-order chi connectivity index (χ1) is 9.38. The number of nitrogens with two attached hydrogens (primary N) is 1. The van der Waals surface area contributed by atoms with Gasteiger partial charge in [-0.15, -0.1) is 0 Å². The maximum atomic E-state index is 12.1. The van der Waals surface area contributed by atoms with Gasteiger partial charge in [0.15, 0.2) is 5.13 Å². The number of nitro groups is 1. The van der Waals surface area contributed by atoms with Gasteiger partial charge in [-0.2, -0.15) is 0 Å². The van der Waals surface area contributed by atoms with E-state index in [4.69, 9.17) is 5.73 Å². The zero-order valence-electron chi connectivity index (χ0n) is 10.8. The number of nitro benzene ring substituents is 1. The van der Waals surface area contributed by atoms with E-state index in [9.17, 15) is 14.9 Å². The Kier molecular flexibility index (Phi) is 3.66. The van der Waals surface area contributed by atoms with Gasteiger partial charge in [-0.25, -0.2) is 4.98 Å². The molecule has 0 radical (unpaired) electrons. The molecule has 0 saturated heterocycles. The molecule has 3 N–H and O–H groups in total. The molecule has 0 bridgehead atoms. The van der Waals surface area contributed by atoms with Crippen molar-refractivity contribution in [2.45, 2.75) is 13.8 Å². The second-order valence-corrected chi connectivity index (χ2v) is 5.23. The first-order valence-corrected chi connectivity index (χ1v) is 6.49. The van der Waals surface area contributed by atoms with Gasteiger partial charge in [0.05, 0.1) is 10.6 Å². The number of aromatic nitrogens is 1. The smallest absolute Gasteiger partial charge is 0.292 e. The number of nitrogens with zero attached hydrogens (tertiary/aromatic N) is 2. The maximum Gasteiger partial charge on any atom is 0.292 e. The SMILES string of the molecule is Cc1ccc([N+](=O)[O-])c(NC(=O)c2sc(N)nc2C)c1. The van der Waals surface area contributed by atoms with Gasteiger partial charge in [0.2, 0.25) is 0 Å². The fraction of sp³-hybridized carbons (Fsp3) is 0.167. The number of aryl methyl sites for hydroxylation is 2. The highest BCUT2D eigenvalue weighted by Gasteiger charge is 2.19. The summed E-state index contributed by atoms with van der Waals surface area (Å²) >= 11 is 1.04. The molecule has 0 fully saturated rings. The molecule has 1 aromatic carbocycles. The second kappa shape index (κ2) is 5.25. The largest absolute Gasteiger partial charge is 0.375 e. The normalized spacial score (nSPS) is 10.3. The number of nitrogen functional groups attached to an aromatic ring is 1. The molecule has 1 aromatic heterocycles. The Balaban J connectivity index is 2.34. The van der Waals surface area contributed by atoms with Crippen LogP contribution in [0.15, 0.2) is 18.2 Å². The van der Waals surface area contributed by atoms with E-state index >= 15 is 0 Å². The van der Waals surface area contributed by atoms with Gasteiger partial charge < -0.3 is 11.1 Å². The van der Waals surface area contributed by atoms with Gasteiger partial charge in [-0.1, -0.05) is 17.4 Å². The molecule has 20 heavy (non-hydrogen) atoms. The fourth-order valence-electron chi connectivity index (χ4n) is 1.72. The molecule has 0 aliphatic rings. The number of carbonyl (C=O) groups excluding carboxylic acids is 1. The van der Waals surface area contributed by atoms with Gasteiger partial charge in [0.25, 0.3) is 11.6 Å². The van der Waals surface area contributed by atoms with Crippen LogP contribution in [0.4, 0.5) is 16.5 Å². The van der Waals surface area contributed by atoms with Crippen molar-refractivity contribution in [1.29, 1.82) is 0 Å². The molecule has 2 aromatic rings. The number of carbonyl (C=O) groups is 1. The van der Waals surface area contributed by atoms with Gasteiger partial charge in [0, 0.05) is 6.07 Å². The average molecular weight is 292 g/mol. The molecule has 8 heteroatoms. The standard InChI is InChI=1S/C12H12N4O3S/c1-6-3-4-9(16(18)19)8(5-6)15-11(17)10-7(2)14-12(13)20-10/h3-5H,1-2H3,(H2,13,14)(H,15,17). The van der Waals surface area contributed by atoms with Crippen molar-refractivity contribution in [3.8, 4) is 0 Å². The van der Waals surface area contributed by atoms with E-state index in [2.05, 4.69) is 10.3 Å². The molecule has 0 atom stereocenters. The summed E-state index contributed by atoms with van der Waals surface area (Å²) < 4.78 is 0. The number of benzene rings is 1. The highest BCUT2D eigenvalue weighted by atomic mass is 32.1. The average Bonchev–Trinajstić information content (AvgIpc) is 2.68. The highest BCUT2D eigenvalue weighted by Crippen LogP contribution is 2.27. The first-order valence-electron chi connectivity index (χ1n) is 5.68. The van der Waals surface area contributed by atoms with Crippen molar-refractivity contribution < 1.29 is 9.72 Å². The highest BCUT2D eigenvalue weighted by molar-refractivity contribution is 7.17. The van der Waals surface area contributed by atoms with Gasteiger partial charge in [-0.05, 0) is 25.5 Å². The van der Waals surface area contributed by atoms with Crippen molar-refractivity contribution in [3.05, 3.63) is 44.4 Å². The summed E-state index contributed by atoms with van der Waals surface area (Å²) in [6.45, 7) is 3.45. The lowest BCUT2D eigenvalue weighted by Gasteiger charge is -2.06. The van der Waals surface area contributed by atoms with Crippen LogP contribution >= 0.6 is 11.3 Å². The third-order valence-corrected chi connectivity index (χ3v) is 3.60. The summed E-state index contributed by atoms with van der Waals surface area (Å²) in [4.78, 5) is 26.8. The Labute approximate surface area is 118 Å². The van der Waals surface area contributed by atoms with Crippen molar-refractivity contribution in [2.24, 2.45) is 0 Å². The van der Waals surface area contributed by atoms with Crippen LogP contribution in [0, 0.1) is 24.0 Å². The van der Waals surface area contributed by atoms with E-state index in [-0.39, 0.29) is 16.5 Å². The lowest BCUT2D eigenvalue weighted by Crippen LogP contribution is -2.13. The molecule has 0 aliphatic heterocycles. The van der Waals surface area contributed by atoms with Crippen molar-refractivity contribution in [3.63, 3.8) is 0 Å². The second-order valence-electron chi connectivity index (χ2n) is 4.20. The summed E-state index contributed by atoms with van der Waals surface area (Å²) in [6, 6.07) is 4.53. The fourth-order valence-corrected chi connectivity index (χ4v) is 2.45. The molecule has 2 rings (SSSR count). The van der Waals surface area contributed by atoms with E-state index in [1.165, 1.54) is 6.07 Å². The molecule has 0 aliphatic carbocycles. The Bertz CT molecular complexity index is 696. The van der Waals surface area contributed by atoms with E-state index in [1.807, 2.05) is 0 Å². The van der Waals surface area contributed by atoms with Crippen molar-refractivity contribution in [2.75, 3.05) is 11.1 Å². The summed E-state index contributed by atoms with van der Waals surface area (Å²) in [6.07, 6.45) is 0. The predicted molar refractivity (Wildman–Crippen MR) is 77.1 cm³/mol. The lowest BCUT2D eigenvalue weighted by molar-refractivity contribution is -0.383. The Morgan fingerprint density at radius 2 is 2.15 bits per heavy atom. The lowest BCUT2D eigenvalue weighted by atomic mass is 10.2. The van der Waals surface area contributed by atoms with Crippen LogP contribution in [-0.4, -0.2) is 15.8 Å². The Morgan fingerprint density at radius 3 is 2.70 bits per heavy atom. The van der Waals surface area contributed by atoms with Crippen molar-refractivity contribution in [1.82, 2.24) is 4.98 Å². The molecule has 0 spiro atoms. The summed E-state index contributed by atoms with van der Waals surface area (Å²) in [7, 11) is 0. The summed E-state index contributed by atoms with van der Waals surface area (Å²) in [5.74, 6) is -0.453. The number of hydrogen-bond acceptors (Lipinski definition) is 6. The predicted octanol–water partition coefficient (Wildman–Crippen LogP) is 2.50. The zero-order valence-corrected chi connectivity index (χ0v) is 11.7. The van der Waals surface area contributed by atoms with Crippen molar-refractivity contribution >= 4 is 33.8 Å². The minimum absolute atomic E-state index is 0.154. The monoisotopic (exact) mass is 292 g/mol. The van der Waals surface area contributed by atoms with Crippen LogP contribution in [0.2, 0.25) is 0 Å². The molecular formula is C12H12N4O3S. The van der Waals surface area contributed by atoms with E-state index in [1.54, 1.807) is 26.0 Å². The molecule has 1 amide bonds. The molecular weight excluding hydrogens is 280 g/mol.